The molecule has 160 valence electrons. The van der Waals surface area contributed by atoms with E-state index in [2.05, 4.69) is 15.5 Å². The fourth-order valence-corrected chi connectivity index (χ4v) is 4.36. The lowest BCUT2D eigenvalue weighted by Gasteiger charge is -2.36. The van der Waals surface area contributed by atoms with Gasteiger partial charge in [0.25, 0.3) is 5.91 Å². The van der Waals surface area contributed by atoms with E-state index in [0.29, 0.717) is 11.4 Å². The number of rotatable bonds is 5. The van der Waals surface area contributed by atoms with Gasteiger partial charge >= 0.3 is 0 Å². The van der Waals surface area contributed by atoms with Crippen molar-refractivity contribution < 1.29 is 9.53 Å². The Labute approximate surface area is 181 Å². The minimum atomic E-state index is -0.494. The first-order valence-corrected chi connectivity index (χ1v) is 10.7. The molecule has 0 bridgehead atoms. The number of nitrogens with two attached hydrogens (primary N) is 1. The van der Waals surface area contributed by atoms with Gasteiger partial charge in [-0.15, -0.1) is 0 Å². The van der Waals surface area contributed by atoms with Gasteiger partial charge in [0.15, 0.2) is 5.69 Å². The molecule has 3 heterocycles. The number of carbonyl (C=O) groups excluding carboxylic acids is 1. The Morgan fingerprint density at radius 3 is 2.42 bits per heavy atom. The first-order valence-electron chi connectivity index (χ1n) is 10.7. The standard InChI is InChI=1S/C23H26N6O2/c24-23(30)22-21-20(19(10-11-26-21)28-14-12-25-13-15-28)27-29(22)16-6-8-18(9-7-16)31-17-4-2-1-3-5-17/h1-9,19,25-26H,10-15H2,(H2,24,30)/t19-/m0/s1. The van der Waals surface area contributed by atoms with E-state index in [1.54, 1.807) is 4.68 Å². The van der Waals surface area contributed by atoms with Crippen molar-refractivity contribution in [3.8, 4) is 17.2 Å². The number of benzene rings is 2. The topological polar surface area (TPSA) is 97.4 Å². The second-order valence-electron chi connectivity index (χ2n) is 7.81. The van der Waals surface area contributed by atoms with Crippen LogP contribution in [0.15, 0.2) is 54.6 Å². The van der Waals surface area contributed by atoms with Gasteiger partial charge in [0.05, 0.1) is 17.4 Å². The predicted molar refractivity (Wildman–Crippen MR) is 119 cm³/mol. The van der Waals surface area contributed by atoms with Crippen LogP contribution >= 0.6 is 0 Å². The smallest absolute Gasteiger partial charge is 0.269 e. The third-order valence-electron chi connectivity index (χ3n) is 5.83. The molecule has 1 fully saturated rings. The largest absolute Gasteiger partial charge is 0.457 e. The van der Waals surface area contributed by atoms with Gasteiger partial charge in [-0.25, -0.2) is 4.68 Å². The highest BCUT2D eigenvalue weighted by molar-refractivity contribution is 5.98. The van der Waals surface area contributed by atoms with E-state index in [1.807, 2.05) is 54.6 Å². The minimum absolute atomic E-state index is 0.179. The molecule has 8 heteroatoms. The summed E-state index contributed by atoms with van der Waals surface area (Å²) in [7, 11) is 0. The van der Waals surface area contributed by atoms with E-state index in [4.69, 9.17) is 15.6 Å². The third-order valence-corrected chi connectivity index (χ3v) is 5.83. The summed E-state index contributed by atoms with van der Waals surface area (Å²) >= 11 is 0. The monoisotopic (exact) mass is 418 g/mol. The summed E-state index contributed by atoms with van der Waals surface area (Å²) < 4.78 is 7.54. The summed E-state index contributed by atoms with van der Waals surface area (Å²) in [5, 5.41) is 11.6. The van der Waals surface area contributed by atoms with Crippen LogP contribution in [0.1, 0.15) is 28.6 Å². The number of amides is 1. The molecule has 0 saturated carbocycles. The molecule has 1 atom stereocenters. The average molecular weight is 419 g/mol. The highest BCUT2D eigenvalue weighted by atomic mass is 16.5. The molecule has 1 aromatic heterocycles. The highest BCUT2D eigenvalue weighted by Gasteiger charge is 2.34. The molecule has 4 N–H and O–H groups in total. The van der Waals surface area contributed by atoms with Crippen LogP contribution in [0.5, 0.6) is 11.5 Å². The first kappa shape index (κ1) is 19.6. The summed E-state index contributed by atoms with van der Waals surface area (Å²) in [5.74, 6) is 0.988. The van der Waals surface area contributed by atoms with E-state index >= 15 is 0 Å². The quantitative estimate of drug-likeness (QED) is 0.589. The number of anilines is 1. The normalized spacial score (nSPS) is 18.8. The van der Waals surface area contributed by atoms with Gasteiger partial charge in [-0.3, -0.25) is 9.69 Å². The van der Waals surface area contributed by atoms with Crippen molar-refractivity contribution in [1.29, 1.82) is 0 Å². The van der Waals surface area contributed by atoms with Crippen molar-refractivity contribution in [3.05, 3.63) is 66.0 Å². The van der Waals surface area contributed by atoms with Crippen LogP contribution in [0.3, 0.4) is 0 Å². The lowest BCUT2D eigenvalue weighted by molar-refractivity contribution is 0.0993. The number of aromatic nitrogens is 2. The van der Waals surface area contributed by atoms with Crippen molar-refractivity contribution in [1.82, 2.24) is 20.0 Å². The van der Waals surface area contributed by atoms with Crippen molar-refractivity contribution in [2.24, 2.45) is 5.73 Å². The molecular weight excluding hydrogens is 392 g/mol. The lowest BCUT2D eigenvalue weighted by atomic mass is 10.0. The van der Waals surface area contributed by atoms with Crippen LogP contribution in [0.2, 0.25) is 0 Å². The Hall–Kier alpha value is -3.36. The molecule has 5 rings (SSSR count). The Bertz CT molecular complexity index is 1060. The van der Waals surface area contributed by atoms with E-state index in [-0.39, 0.29) is 6.04 Å². The Balaban J connectivity index is 1.47. The van der Waals surface area contributed by atoms with Gasteiger partial charge in [-0.2, -0.15) is 5.10 Å². The summed E-state index contributed by atoms with van der Waals surface area (Å²) in [6.07, 6.45) is 0.950. The predicted octanol–water partition coefficient (Wildman–Crippen LogP) is 2.53. The zero-order valence-corrected chi connectivity index (χ0v) is 17.3. The molecule has 1 saturated heterocycles. The van der Waals surface area contributed by atoms with Gasteiger partial charge in [-0.05, 0) is 42.8 Å². The molecule has 31 heavy (non-hydrogen) atoms. The van der Waals surface area contributed by atoms with E-state index in [0.717, 1.165) is 62.0 Å². The molecule has 0 spiro atoms. The molecule has 0 radical (unpaired) electrons. The van der Waals surface area contributed by atoms with Crippen LogP contribution < -0.4 is 21.1 Å². The average Bonchev–Trinajstić information content (AvgIpc) is 3.21. The van der Waals surface area contributed by atoms with Crippen LogP contribution in [-0.4, -0.2) is 53.3 Å². The number of fused-ring (bicyclic) bond motifs is 1. The van der Waals surface area contributed by atoms with Crippen LogP contribution in [-0.2, 0) is 0 Å². The Kier molecular flexibility index (Phi) is 5.31. The fourth-order valence-electron chi connectivity index (χ4n) is 4.36. The summed E-state index contributed by atoms with van der Waals surface area (Å²) in [6, 6.07) is 17.3. The minimum Gasteiger partial charge on any atom is -0.457 e. The second-order valence-corrected chi connectivity index (χ2v) is 7.81. The third kappa shape index (κ3) is 3.87. The SMILES string of the molecule is NC(=O)c1c2c(nn1-c1ccc(Oc3ccccc3)cc1)[C@@H](N1CCNCC1)CCN2. The van der Waals surface area contributed by atoms with Crippen molar-refractivity contribution >= 4 is 11.6 Å². The Morgan fingerprint density at radius 2 is 1.71 bits per heavy atom. The maximum atomic E-state index is 12.4. The van der Waals surface area contributed by atoms with Gasteiger partial charge in [0.2, 0.25) is 0 Å². The molecule has 1 amide bonds. The summed E-state index contributed by atoms with van der Waals surface area (Å²) in [4.78, 5) is 14.8. The number of nitrogens with one attached hydrogen (secondary N) is 2. The van der Waals surface area contributed by atoms with Crippen molar-refractivity contribution in [2.45, 2.75) is 12.5 Å². The maximum absolute atomic E-state index is 12.4. The van der Waals surface area contributed by atoms with Gasteiger partial charge < -0.3 is 21.1 Å². The number of primary amides is 1. The van der Waals surface area contributed by atoms with Gasteiger partial charge in [-0.1, -0.05) is 18.2 Å². The number of ether oxygens (including phenoxy) is 1. The summed E-state index contributed by atoms with van der Waals surface area (Å²) in [6.45, 7) is 4.65. The van der Waals surface area contributed by atoms with Crippen LogP contribution in [0, 0.1) is 0 Å². The van der Waals surface area contributed by atoms with E-state index in [1.165, 1.54) is 0 Å². The molecule has 0 aliphatic carbocycles. The van der Waals surface area contributed by atoms with Crippen molar-refractivity contribution in [3.63, 3.8) is 0 Å². The molecule has 2 aliphatic heterocycles. The zero-order chi connectivity index (χ0) is 21.2. The number of carbonyl (C=O) groups is 1. The molecule has 0 unspecified atom stereocenters. The highest BCUT2D eigenvalue weighted by Crippen LogP contribution is 2.37. The lowest BCUT2D eigenvalue weighted by Crippen LogP contribution is -2.46. The second kappa shape index (κ2) is 8.41. The molecular formula is C23H26N6O2. The summed E-state index contributed by atoms with van der Waals surface area (Å²) in [5.41, 5.74) is 8.60. The Morgan fingerprint density at radius 1 is 1.00 bits per heavy atom. The van der Waals surface area contributed by atoms with Gasteiger partial charge in [0.1, 0.15) is 17.2 Å². The molecule has 8 nitrogen and oxygen atoms in total. The molecule has 3 aromatic rings. The number of para-hydroxylation sites is 1. The number of hydrogen-bond acceptors (Lipinski definition) is 6. The maximum Gasteiger partial charge on any atom is 0.269 e. The number of hydrogen-bond donors (Lipinski definition) is 3. The number of piperazine rings is 1. The fraction of sp³-hybridized carbons (Fsp3) is 0.304. The van der Waals surface area contributed by atoms with Crippen LogP contribution in [0.25, 0.3) is 5.69 Å². The number of nitrogens with zero attached hydrogens (tertiary/aromatic N) is 3. The zero-order valence-electron chi connectivity index (χ0n) is 17.3. The van der Waals surface area contributed by atoms with E-state index in [9.17, 15) is 4.79 Å². The van der Waals surface area contributed by atoms with E-state index < -0.39 is 5.91 Å². The first-order chi connectivity index (χ1) is 15.2. The van der Waals surface area contributed by atoms with Crippen molar-refractivity contribution in [2.75, 3.05) is 38.0 Å². The molecule has 2 aliphatic rings. The molecule has 2 aromatic carbocycles. The van der Waals surface area contributed by atoms with Crippen LogP contribution in [0.4, 0.5) is 5.69 Å². The van der Waals surface area contributed by atoms with Gasteiger partial charge in [0, 0.05) is 32.7 Å².